The van der Waals surface area contributed by atoms with Crippen molar-refractivity contribution in [3.05, 3.63) is 52.4 Å². The molecule has 0 atom stereocenters. The molecule has 2 heterocycles. The van der Waals surface area contributed by atoms with Gasteiger partial charge in [0.15, 0.2) is 0 Å². The lowest BCUT2D eigenvalue weighted by molar-refractivity contribution is 0.360. The Bertz CT molecular complexity index is 1020. The van der Waals surface area contributed by atoms with Gasteiger partial charge in [0, 0.05) is 18.0 Å². The van der Waals surface area contributed by atoms with Crippen LogP contribution in [0.3, 0.4) is 0 Å². The van der Waals surface area contributed by atoms with Crippen molar-refractivity contribution < 1.29 is 9.47 Å². The predicted octanol–water partition coefficient (Wildman–Crippen LogP) is 3.59. The number of fused-ring (bicyclic) bond motifs is 3. The lowest BCUT2D eigenvalue weighted by Gasteiger charge is -2.17. The van der Waals surface area contributed by atoms with Crippen LogP contribution in [0.4, 0.5) is 0 Å². The van der Waals surface area contributed by atoms with Crippen LogP contribution in [0.15, 0.2) is 41.2 Å². The van der Waals surface area contributed by atoms with Gasteiger partial charge in [0.05, 0.1) is 30.3 Å². The molecule has 0 N–H and O–H groups in total. The molecule has 0 amide bonds. The Morgan fingerprint density at radius 1 is 1.24 bits per heavy atom. The minimum absolute atomic E-state index is 0.0151. The first-order valence-electron chi connectivity index (χ1n) is 8.45. The molecule has 2 aromatic carbocycles. The highest BCUT2D eigenvalue weighted by atomic mass is 16.5. The van der Waals surface area contributed by atoms with Crippen molar-refractivity contribution in [2.24, 2.45) is 0 Å². The molecule has 1 aromatic heterocycles. The van der Waals surface area contributed by atoms with Crippen LogP contribution in [0.5, 0.6) is 11.5 Å². The number of benzene rings is 2. The van der Waals surface area contributed by atoms with Crippen molar-refractivity contribution in [3.63, 3.8) is 0 Å². The second-order valence-corrected chi connectivity index (χ2v) is 6.49. The van der Waals surface area contributed by atoms with E-state index in [4.69, 9.17) is 9.47 Å². The van der Waals surface area contributed by atoms with Crippen LogP contribution in [0.1, 0.15) is 25.5 Å². The molecule has 0 aliphatic carbocycles. The number of hydrogen-bond acceptors (Lipinski definition) is 4. The Morgan fingerprint density at radius 3 is 2.84 bits per heavy atom. The van der Waals surface area contributed by atoms with Gasteiger partial charge in [-0.2, -0.15) is 4.98 Å². The van der Waals surface area contributed by atoms with E-state index in [-0.39, 0.29) is 11.7 Å². The highest BCUT2D eigenvalue weighted by molar-refractivity contribution is 5.98. The van der Waals surface area contributed by atoms with Crippen LogP contribution in [0.2, 0.25) is 0 Å². The van der Waals surface area contributed by atoms with Gasteiger partial charge in [-0.15, -0.1) is 0 Å². The molecule has 128 valence electrons. The molecular formula is C20H20N2O3. The third kappa shape index (κ3) is 2.47. The van der Waals surface area contributed by atoms with E-state index in [9.17, 15) is 4.79 Å². The number of rotatable bonds is 3. The van der Waals surface area contributed by atoms with Crippen molar-refractivity contribution in [1.29, 1.82) is 0 Å². The summed E-state index contributed by atoms with van der Waals surface area (Å²) in [6.45, 7) is 4.64. The minimum Gasteiger partial charge on any atom is -0.497 e. The fourth-order valence-electron chi connectivity index (χ4n) is 3.46. The third-order valence-electron chi connectivity index (χ3n) is 4.60. The topological polar surface area (TPSA) is 53.3 Å². The Balaban J connectivity index is 2.12. The predicted molar refractivity (Wildman–Crippen MR) is 97.6 cm³/mol. The summed E-state index contributed by atoms with van der Waals surface area (Å²) >= 11 is 0. The zero-order valence-corrected chi connectivity index (χ0v) is 14.6. The molecule has 25 heavy (non-hydrogen) atoms. The van der Waals surface area contributed by atoms with Crippen LogP contribution < -0.4 is 15.2 Å². The van der Waals surface area contributed by atoms with Crippen LogP contribution in [-0.4, -0.2) is 23.3 Å². The first-order valence-corrected chi connectivity index (χ1v) is 8.45. The van der Waals surface area contributed by atoms with Crippen LogP contribution >= 0.6 is 0 Å². The monoisotopic (exact) mass is 336 g/mol. The molecule has 0 saturated carbocycles. The van der Waals surface area contributed by atoms with Gasteiger partial charge in [-0.1, -0.05) is 18.2 Å². The van der Waals surface area contributed by atoms with Crippen molar-refractivity contribution in [1.82, 2.24) is 9.55 Å². The van der Waals surface area contributed by atoms with E-state index in [1.807, 2.05) is 44.2 Å². The molecule has 5 nitrogen and oxygen atoms in total. The summed E-state index contributed by atoms with van der Waals surface area (Å²) in [7, 11) is 1.63. The molecule has 0 fully saturated rings. The molecule has 0 spiro atoms. The maximum absolute atomic E-state index is 12.7. The van der Waals surface area contributed by atoms with Crippen molar-refractivity contribution >= 4 is 10.9 Å². The van der Waals surface area contributed by atoms with Gasteiger partial charge in [0.1, 0.15) is 11.5 Å². The lowest BCUT2D eigenvalue weighted by Crippen LogP contribution is -2.25. The summed E-state index contributed by atoms with van der Waals surface area (Å²) in [5.74, 6) is 1.58. The van der Waals surface area contributed by atoms with E-state index in [1.54, 1.807) is 11.7 Å². The fraction of sp³-hybridized carbons (Fsp3) is 0.300. The average molecular weight is 336 g/mol. The molecular weight excluding hydrogens is 316 g/mol. The molecule has 1 aliphatic heterocycles. The molecule has 5 heteroatoms. The molecule has 1 aliphatic rings. The van der Waals surface area contributed by atoms with Crippen LogP contribution in [0, 0.1) is 0 Å². The smallest absolute Gasteiger partial charge is 0.348 e. The van der Waals surface area contributed by atoms with E-state index in [0.717, 1.165) is 39.9 Å². The van der Waals surface area contributed by atoms with Gasteiger partial charge in [0.2, 0.25) is 0 Å². The van der Waals surface area contributed by atoms with Crippen LogP contribution in [-0.2, 0) is 6.42 Å². The SMILES string of the molecule is COc1cccc(-c2nc(=O)n(C(C)C)c3ccc4c(c23)OCC4)c1. The molecule has 4 rings (SSSR count). The summed E-state index contributed by atoms with van der Waals surface area (Å²) in [6, 6.07) is 11.7. The summed E-state index contributed by atoms with van der Waals surface area (Å²) in [5, 5.41) is 0.900. The first-order chi connectivity index (χ1) is 12.1. The van der Waals surface area contributed by atoms with Gasteiger partial charge < -0.3 is 9.47 Å². The number of hydrogen-bond donors (Lipinski definition) is 0. The van der Waals surface area contributed by atoms with Gasteiger partial charge in [-0.05, 0) is 37.6 Å². The Hall–Kier alpha value is -2.82. The summed E-state index contributed by atoms with van der Waals surface area (Å²) in [5.41, 5.74) is 3.26. The molecule has 0 radical (unpaired) electrons. The Morgan fingerprint density at radius 2 is 2.08 bits per heavy atom. The fourth-order valence-corrected chi connectivity index (χ4v) is 3.46. The van der Waals surface area contributed by atoms with Crippen molar-refractivity contribution in [3.8, 4) is 22.8 Å². The van der Waals surface area contributed by atoms with Gasteiger partial charge in [-0.25, -0.2) is 4.79 Å². The summed E-state index contributed by atoms with van der Waals surface area (Å²) < 4.78 is 13.0. The van der Waals surface area contributed by atoms with Crippen molar-refractivity contribution in [2.45, 2.75) is 26.3 Å². The Kier molecular flexibility index (Phi) is 3.71. The van der Waals surface area contributed by atoms with Gasteiger partial charge in [0.25, 0.3) is 0 Å². The zero-order valence-electron chi connectivity index (χ0n) is 14.6. The minimum atomic E-state index is -0.252. The normalized spacial score (nSPS) is 13.1. The van der Waals surface area contributed by atoms with Crippen LogP contribution in [0.25, 0.3) is 22.2 Å². The largest absolute Gasteiger partial charge is 0.497 e. The standard InChI is InChI=1S/C20H20N2O3/c1-12(2)22-16-8-7-13-9-10-25-19(13)17(16)18(21-20(22)23)14-5-4-6-15(11-14)24-3/h4-8,11-12H,9-10H2,1-3H3. The highest BCUT2D eigenvalue weighted by Crippen LogP contribution is 2.39. The summed E-state index contributed by atoms with van der Waals surface area (Å²) in [4.78, 5) is 17.1. The van der Waals surface area contributed by atoms with E-state index < -0.39 is 0 Å². The Labute approximate surface area is 145 Å². The number of ether oxygens (including phenoxy) is 2. The quantitative estimate of drug-likeness (QED) is 0.733. The van der Waals surface area contributed by atoms with E-state index >= 15 is 0 Å². The van der Waals surface area contributed by atoms with E-state index in [1.165, 1.54) is 0 Å². The van der Waals surface area contributed by atoms with E-state index in [0.29, 0.717) is 12.3 Å². The number of aromatic nitrogens is 2. The van der Waals surface area contributed by atoms with E-state index in [2.05, 4.69) is 11.1 Å². The second kappa shape index (κ2) is 5.92. The van der Waals surface area contributed by atoms with Gasteiger partial charge in [-0.3, -0.25) is 4.57 Å². The third-order valence-corrected chi connectivity index (χ3v) is 4.60. The van der Waals surface area contributed by atoms with Gasteiger partial charge >= 0.3 is 5.69 Å². The molecule has 0 bridgehead atoms. The summed E-state index contributed by atoms with van der Waals surface area (Å²) in [6.07, 6.45) is 0.879. The zero-order chi connectivity index (χ0) is 17.6. The highest BCUT2D eigenvalue weighted by Gasteiger charge is 2.23. The average Bonchev–Trinajstić information content (AvgIpc) is 3.09. The molecule has 0 unspecified atom stereocenters. The maximum Gasteiger partial charge on any atom is 0.348 e. The number of methoxy groups -OCH3 is 1. The van der Waals surface area contributed by atoms with Crippen molar-refractivity contribution in [2.75, 3.05) is 13.7 Å². The maximum atomic E-state index is 12.7. The molecule has 0 saturated heterocycles. The molecule has 3 aromatic rings. The second-order valence-electron chi connectivity index (χ2n) is 6.49. The first kappa shape index (κ1) is 15.7. The number of nitrogens with zero attached hydrogens (tertiary/aromatic N) is 2. The lowest BCUT2D eigenvalue weighted by atomic mass is 10.0.